The summed E-state index contributed by atoms with van der Waals surface area (Å²) in [7, 11) is 1.81. The van der Waals surface area contributed by atoms with Crippen LogP contribution in [-0.4, -0.2) is 15.7 Å². The molecule has 1 aromatic heterocycles. The molecule has 0 aliphatic rings. The monoisotopic (exact) mass is 295 g/mol. The van der Waals surface area contributed by atoms with E-state index < -0.39 is 5.82 Å². The molecule has 110 valence electrons. The molecule has 0 unspecified atom stereocenters. The molecule has 4 nitrogen and oxygen atoms in total. The second kappa shape index (κ2) is 5.81. The molecule has 0 saturated heterocycles. The quantitative estimate of drug-likeness (QED) is 0.804. The van der Waals surface area contributed by atoms with Gasteiger partial charge in [-0.2, -0.15) is 5.10 Å². The van der Waals surface area contributed by atoms with Crippen molar-refractivity contribution >= 4 is 11.6 Å². The van der Waals surface area contributed by atoms with E-state index in [1.54, 1.807) is 24.0 Å². The Morgan fingerprint density at radius 1 is 1.14 bits per heavy atom. The average Bonchev–Trinajstić information content (AvgIpc) is 2.89. The number of benzene rings is 2. The van der Waals surface area contributed by atoms with Crippen LogP contribution in [0, 0.1) is 5.82 Å². The lowest BCUT2D eigenvalue weighted by molar-refractivity contribution is 0.102. The largest absolute Gasteiger partial charge is 0.319 e. The highest BCUT2D eigenvalue weighted by atomic mass is 19.1. The molecule has 0 fully saturated rings. The molecule has 0 bridgehead atoms. The molecule has 0 spiro atoms. The van der Waals surface area contributed by atoms with Gasteiger partial charge < -0.3 is 5.32 Å². The van der Waals surface area contributed by atoms with Crippen molar-refractivity contribution in [2.75, 3.05) is 5.32 Å². The molecule has 1 N–H and O–H groups in total. The number of carbonyl (C=O) groups excluding carboxylic acids is 1. The van der Waals surface area contributed by atoms with Gasteiger partial charge in [0.15, 0.2) is 0 Å². The zero-order valence-corrected chi connectivity index (χ0v) is 12.0. The lowest BCUT2D eigenvalue weighted by Gasteiger charge is -2.08. The molecular formula is C17H14FN3O. The van der Waals surface area contributed by atoms with Gasteiger partial charge in [-0.1, -0.05) is 36.4 Å². The topological polar surface area (TPSA) is 46.9 Å². The molecule has 0 radical (unpaired) electrons. The third-order valence-electron chi connectivity index (χ3n) is 3.32. The number of halogens is 1. The smallest absolute Gasteiger partial charge is 0.255 e. The summed E-state index contributed by atoms with van der Waals surface area (Å²) in [4.78, 5) is 12.2. The third-order valence-corrected chi connectivity index (χ3v) is 3.32. The van der Waals surface area contributed by atoms with Crippen molar-refractivity contribution in [3.05, 3.63) is 72.2 Å². The number of nitrogens with zero attached hydrogens (tertiary/aromatic N) is 2. The van der Waals surface area contributed by atoms with Gasteiger partial charge in [-0.15, -0.1) is 0 Å². The first-order valence-electron chi connectivity index (χ1n) is 6.79. The number of amides is 1. The average molecular weight is 295 g/mol. The van der Waals surface area contributed by atoms with Crippen LogP contribution in [0.25, 0.3) is 11.3 Å². The Bertz CT molecular complexity index is 812. The Morgan fingerprint density at radius 3 is 2.64 bits per heavy atom. The van der Waals surface area contributed by atoms with Crippen LogP contribution in [0.2, 0.25) is 0 Å². The van der Waals surface area contributed by atoms with E-state index in [1.807, 2.05) is 30.3 Å². The Morgan fingerprint density at radius 2 is 1.91 bits per heavy atom. The second-order valence-electron chi connectivity index (χ2n) is 4.86. The van der Waals surface area contributed by atoms with E-state index in [1.165, 1.54) is 18.2 Å². The van der Waals surface area contributed by atoms with Crippen LogP contribution in [0.5, 0.6) is 0 Å². The number of aryl methyl sites for hydroxylation is 1. The van der Waals surface area contributed by atoms with Crippen molar-refractivity contribution in [1.29, 1.82) is 0 Å². The molecule has 3 rings (SSSR count). The molecule has 1 heterocycles. The molecule has 0 aliphatic heterocycles. The van der Waals surface area contributed by atoms with Gasteiger partial charge in [-0.3, -0.25) is 9.48 Å². The van der Waals surface area contributed by atoms with Crippen molar-refractivity contribution in [3.8, 4) is 11.3 Å². The highest BCUT2D eigenvalue weighted by Crippen LogP contribution is 2.27. The Labute approximate surface area is 127 Å². The highest BCUT2D eigenvalue weighted by Gasteiger charge is 2.14. The minimum Gasteiger partial charge on any atom is -0.319 e. The third kappa shape index (κ3) is 2.74. The van der Waals surface area contributed by atoms with Crippen molar-refractivity contribution in [1.82, 2.24) is 9.78 Å². The van der Waals surface area contributed by atoms with Crippen molar-refractivity contribution < 1.29 is 9.18 Å². The number of anilines is 1. The number of hydrogen-bond donors (Lipinski definition) is 1. The van der Waals surface area contributed by atoms with E-state index in [9.17, 15) is 9.18 Å². The van der Waals surface area contributed by atoms with Crippen LogP contribution in [0.1, 0.15) is 10.4 Å². The summed E-state index contributed by atoms with van der Waals surface area (Å²) in [5, 5.41) is 6.97. The van der Waals surface area contributed by atoms with Crippen LogP contribution in [0.4, 0.5) is 10.1 Å². The Hall–Kier alpha value is -2.95. The fourth-order valence-corrected chi connectivity index (χ4v) is 2.29. The fourth-order valence-electron chi connectivity index (χ4n) is 2.29. The van der Waals surface area contributed by atoms with Crippen LogP contribution in [0.3, 0.4) is 0 Å². The summed E-state index contributed by atoms with van der Waals surface area (Å²) in [5.41, 5.74) is 2.59. The van der Waals surface area contributed by atoms with Crippen molar-refractivity contribution in [2.45, 2.75) is 0 Å². The number of aromatic nitrogens is 2. The first-order valence-corrected chi connectivity index (χ1v) is 6.79. The van der Waals surface area contributed by atoms with Crippen LogP contribution < -0.4 is 5.32 Å². The summed E-state index contributed by atoms with van der Waals surface area (Å²) in [6, 6.07) is 15.2. The maximum atomic E-state index is 13.2. The number of nitrogens with one attached hydrogen (secondary N) is 1. The van der Waals surface area contributed by atoms with E-state index in [4.69, 9.17) is 0 Å². The minimum atomic E-state index is -0.442. The van der Waals surface area contributed by atoms with E-state index in [2.05, 4.69) is 10.4 Å². The molecule has 3 aromatic rings. The lowest BCUT2D eigenvalue weighted by Crippen LogP contribution is -2.12. The van der Waals surface area contributed by atoms with E-state index >= 15 is 0 Å². The Balaban J connectivity index is 1.92. The van der Waals surface area contributed by atoms with Gasteiger partial charge in [0, 0.05) is 18.2 Å². The van der Waals surface area contributed by atoms with E-state index in [0.717, 1.165) is 11.3 Å². The van der Waals surface area contributed by atoms with Gasteiger partial charge in [-0.05, 0) is 18.2 Å². The van der Waals surface area contributed by atoms with Gasteiger partial charge >= 0.3 is 0 Å². The summed E-state index contributed by atoms with van der Waals surface area (Å²) in [5.74, 6) is -0.813. The van der Waals surface area contributed by atoms with Gasteiger partial charge in [0.05, 0.1) is 17.6 Å². The molecule has 0 atom stereocenters. The van der Waals surface area contributed by atoms with Crippen LogP contribution >= 0.6 is 0 Å². The predicted octanol–water partition coefficient (Wildman–Crippen LogP) is 3.48. The predicted molar refractivity (Wildman–Crippen MR) is 83.0 cm³/mol. The van der Waals surface area contributed by atoms with Gasteiger partial charge in [0.1, 0.15) is 5.82 Å². The summed E-state index contributed by atoms with van der Waals surface area (Å²) in [6.07, 6.45) is 1.58. The van der Waals surface area contributed by atoms with Gasteiger partial charge in [0.25, 0.3) is 5.91 Å². The standard InChI is InChI=1S/C17H14FN3O/c1-21-16(12-6-3-2-4-7-12)15(11-19-21)20-17(22)13-8-5-9-14(18)10-13/h2-11H,1H3,(H,20,22). The van der Waals surface area contributed by atoms with Gasteiger partial charge in [-0.25, -0.2) is 4.39 Å². The first kappa shape index (κ1) is 14.0. The van der Waals surface area contributed by atoms with Gasteiger partial charge in [0.2, 0.25) is 0 Å². The summed E-state index contributed by atoms with van der Waals surface area (Å²) in [6.45, 7) is 0. The zero-order valence-electron chi connectivity index (χ0n) is 12.0. The maximum absolute atomic E-state index is 13.2. The summed E-state index contributed by atoms with van der Waals surface area (Å²) >= 11 is 0. The Kier molecular flexibility index (Phi) is 3.70. The van der Waals surface area contributed by atoms with E-state index in [-0.39, 0.29) is 11.5 Å². The number of carbonyl (C=O) groups is 1. The molecular weight excluding hydrogens is 281 g/mol. The number of hydrogen-bond acceptors (Lipinski definition) is 2. The van der Waals surface area contributed by atoms with Crippen molar-refractivity contribution in [3.63, 3.8) is 0 Å². The SMILES string of the molecule is Cn1ncc(NC(=O)c2cccc(F)c2)c1-c1ccccc1. The molecule has 0 saturated carbocycles. The maximum Gasteiger partial charge on any atom is 0.255 e. The number of rotatable bonds is 3. The molecule has 22 heavy (non-hydrogen) atoms. The molecule has 0 aliphatic carbocycles. The lowest BCUT2D eigenvalue weighted by atomic mass is 10.1. The van der Waals surface area contributed by atoms with Crippen LogP contribution in [0.15, 0.2) is 60.8 Å². The van der Waals surface area contributed by atoms with E-state index in [0.29, 0.717) is 5.69 Å². The molecule has 1 amide bonds. The van der Waals surface area contributed by atoms with Crippen LogP contribution in [-0.2, 0) is 7.05 Å². The van der Waals surface area contributed by atoms with Crippen molar-refractivity contribution in [2.24, 2.45) is 7.05 Å². The zero-order chi connectivity index (χ0) is 15.5. The molecule has 5 heteroatoms. The minimum absolute atomic E-state index is 0.267. The highest BCUT2D eigenvalue weighted by molar-refractivity contribution is 6.05. The second-order valence-corrected chi connectivity index (χ2v) is 4.86. The molecule has 2 aromatic carbocycles. The normalized spacial score (nSPS) is 10.5. The fraction of sp³-hybridized carbons (Fsp3) is 0.0588. The first-order chi connectivity index (χ1) is 10.6. The summed E-state index contributed by atoms with van der Waals surface area (Å²) < 4.78 is 14.9.